The predicted molar refractivity (Wildman–Crippen MR) is 89.0 cm³/mol. The number of ether oxygens (including phenoxy) is 1. The van der Waals surface area contributed by atoms with Crippen LogP contribution in [0, 0.1) is 13.8 Å². The van der Waals surface area contributed by atoms with Crippen LogP contribution in [0.5, 0.6) is 5.75 Å². The molecule has 3 nitrogen and oxygen atoms in total. The maximum absolute atomic E-state index is 5.81. The zero-order valence-corrected chi connectivity index (χ0v) is 13.1. The van der Waals surface area contributed by atoms with E-state index in [4.69, 9.17) is 10.5 Å². The molecule has 112 valence electrons. The molecule has 0 saturated carbocycles. The Morgan fingerprint density at radius 2 is 1.90 bits per heavy atom. The van der Waals surface area contributed by atoms with Gasteiger partial charge < -0.3 is 15.4 Å². The predicted octanol–water partition coefficient (Wildman–Crippen LogP) is 3.28. The van der Waals surface area contributed by atoms with Crippen molar-refractivity contribution in [1.82, 2.24) is 0 Å². The van der Waals surface area contributed by atoms with Gasteiger partial charge in [-0.05, 0) is 43.2 Å². The van der Waals surface area contributed by atoms with Crippen molar-refractivity contribution in [2.75, 3.05) is 25.1 Å². The lowest BCUT2D eigenvalue weighted by molar-refractivity contribution is 0.325. The molecule has 2 aromatic rings. The molecule has 2 N–H and O–H groups in total. The Hall–Kier alpha value is -2.00. The van der Waals surface area contributed by atoms with Gasteiger partial charge in [0, 0.05) is 19.3 Å². The maximum Gasteiger partial charge on any atom is 0.119 e. The van der Waals surface area contributed by atoms with E-state index in [1.165, 1.54) is 16.8 Å². The Labute approximate surface area is 127 Å². The SMILES string of the molecule is Cc1ccc(N(C)CCOc2cccc(CN)c2)c(C)c1. The van der Waals surface area contributed by atoms with Crippen molar-refractivity contribution >= 4 is 5.69 Å². The van der Waals surface area contributed by atoms with Crippen molar-refractivity contribution in [3.05, 3.63) is 59.2 Å². The number of aryl methyl sites for hydroxylation is 2. The molecule has 2 aromatic carbocycles. The molecule has 0 atom stereocenters. The van der Waals surface area contributed by atoms with Gasteiger partial charge in [-0.3, -0.25) is 0 Å². The second-order valence-electron chi connectivity index (χ2n) is 5.41. The first-order chi connectivity index (χ1) is 10.1. The molecule has 0 aromatic heterocycles. The van der Waals surface area contributed by atoms with Gasteiger partial charge in [-0.15, -0.1) is 0 Å². The molecule has 21 heavy (non-hydrogen) atoms. The number of rotatable bonds is 6. The Bertz CT molecular complexity index is 596. The molecule has 0 aliphatic heterocycles. The molecular weight excluding hydrogens is 260 g/mol. The average Bonchev–Trinajstić information content (AvgIpc) is 2.47. The monoisotopic (exact) mass is 284 g/mol. The normalized spacial score (nSPS) is 10.5. The standard InChI is InChI=1S/C18H24N2O/c1-14-7-8-18(15(2)11-14)20(3)9-10-21-17-6-4-5-16(12-17)13-19/h4-8,11-12H,9-10,13,19H2,1-3H3. The van der Waals surface area contributed by atoms with E-state index in [0.717, 1.165) is 17.9 Å². The van der Waals surface area contributed by atoms with Crippen molar-refractivity contribution in [1.29, 1.82) is 0 Å². The van der Waals surface area contributed by atoms with Crippen LogP contribution in [0.1, 0.15) is 16.7 Å². The summed E-state index contributed by atoms with van der Waals surface area (Å²) >= 11 is 0. The number of hydrogen-bond donors (Lipinski definition) is 1. The van der Waals surface area contributed by atoms with Gasteiger partial charge in [0.05, 0.1) is 6.54 Å². The first kappa shape index (κ1) is 15.4. The fourth-order valence-corrected chi connectivity index (χ4v) is 2.42. The van der Waals surface area contributed by atoms with Gasteiger partial charge in [0.2, 0.25) is 0 Å². The molecule has 0 radical (unpaired) electrons. The minimum absolute atomic E-state index is 0.541. The molecule has 0 unspecified atom stereocenters. The first-order valence-corrected chi connectivity index (χ1v) is 7.30. The molecule has 0 amide bonds. The summed E-state index contributed by atoms with van der Waals surface area (Å²) < 4.78 is 5.81. The number of nitrogens with two attached hydrogens (primary N) is 1. The van der Waals surface area contributed by atoms with Crippen LogP contribution in [0.3, 0.4) is 0 Å². The highest BCUT2D eigenvalue weighted by Gasteiger charge is 2.05. The summed E-state index contributed by atoms with van der Waals surface area (Å²) in [6.45, 7) is 6.29. The summed E-state index contributed by atoms with van der Waals surface area (Å²) in [7, 11) is 2.09. The topological polar surface area (TPSA) is 38.5 Å². The number of hydrogen-bond acceptors (Lipinski definition) is 3. The third kappa shape index (κ3) is 4.23. The quantitative estimate of drug-likeness (QED) is 0.884. The van der Waals surface area contributed by atoms with E-state index in [1.54, 1.807) is 0 Å². The average molecular weight is 284 g/mol. The molecule has 0 bridgehead atoms. The fraction of sp³-hybridized carbons (Fsp3) is 0.333. The summed E-state index contributed by atoms with van der Waals surface area (Å²) in [6, 6.07) is 14.5. The van der Waals surface area contributed by atoms with Crippen LogP contribution in [0.25, 0.3) is 0 Å². The smallest absolute Gasteiger partial charge is 0.119 e. The van der Waals surface area contributed by atoms with Crippen LogP contribution >= 0.6 is 0 Å². The highest BCUT2D eigenvalue weighted by Crippen LogP contribution is 2.20. The molecular formula is C18H24N2O. The lowest BCUT2D eigenvalue weighted by atomic mass is 10.1. The largest absolute Gasteiger partial charge is 0.492 e. The zero-order valence-electron chi connectivity index (χ0n) is 13.1. The van der Waals surface area contributed by atoms with Crippen molar-refractivity contribution in [3.63, 3.8) is 0 Å². The van der Waals surface area contributed by atoms with Crippen molar-refractivity contribution in [2.24, 2.45) is 5.73 Å². The van der Waals surface area contributed by atoms with Gasteiger partial charge in [0.25, 0.3) is 0 Å². The van der Waals surface area contributed by atoms with E-state index in [-0.39, 0.29) is 0 Å². The number of anilines is 1. The molecule has 0 fully saturated rings. The van der Waals surface area contributed by atoms with Crippen LogP contribution in [-0.4, -0.2) is 20.2 Å². The van der Waals surface area contributed by atoms with E-state index >= 15 is 0 Å². The van der Waals surface area contributed by atoms with Gasteiger partial charge in [0.15, 0.2) is 0 Å². The van der Waals surface area contributed by atoms with E-state index in [2.05, 4.69) is 44.0 Å². The van der Waals surface area contributed by atoms with E-state index in [0.29, 0.717) is 13.2 Å². The lowest BCUT2D eigenvalue weighted by Gasteiger charge is -2.22. The van der Waals surface area contributed by atoms with Crippen LogP contribution in [0.2, 0.25) is 0 Å². The van der Waals surface area contributed by atoms with Crippen molar-refractivity contribution in [3.8, 4) is 5.75 Å². The molecule has 0 saturated heterocycles. The Kier molecular flexibility index (Phi) is 5.23. The van der Waals surface area contributed by atoms with Gasteiger partial charge in [-0.2, -0.15) is 0 Å². The molecule has 2 rings (SSSR count). The summed E-state index contributed by atoms with van der Waals surface area (Å²) in [5.74, 6) is 0.881. The maximum atomic E-state index is 5.81. The summed E-state index contributed by atoms with van der Waals surface area (Å²) in [4.78, 5) is 2.22. The summed E-state index contributed by atoms with van der Waals surface area (Å²) in [5, 5.41) is 0. The lowest BCUT2D eigenvalue weighted by Crippen LogP contribution is -2.24. The van der Waals surface area contributed by atoms with E-state index in [1.807, 2.05) is 24.3 Å². The van der Waals surface area contributed by atoms with E-state index in [9.17, 15) is 0 Å². The molecule has 0 aliphatic rings. The van der Waals surface area contributed by atoms with E-state index < -0.39 is 0 Å². The van der Waals surface area contributed by atoms with Crippen LogP contribution in [0.4, 0.5) is 5.69 Å². The van der Waals surface area contributed by atoms with Crippen molar-refractivity contribution in [2.45, 2.75) is 20.4 Å². The van der Waals surface area contributed by atoms with Crippen LogP contribution in [-0.2, 0) is 6.54 Å². The van der Waals surface area contributed by atoms with Gasteiger partial charge in [-0.1, -0.05) is 29.8 Å². The van der Waals surface area contributed by atoms with Crippen LogP contribution < -0.4 is 15.4 Å². The van der Waals surface area contributed by atoms with Crippen molar-refractivity contribution < 1.29 is 4.74 Å². The second-order valence-corrected chi connectivity index (χ2v) is 5.41. The van der Waals surface area contributed by atoms with Gasteiger partial charge >= 0.3 is 0 Å². The Morgan fingerprint density at radius 3 is 2.62 bits per heavy atom. The zero-order chi connectivity index (χ0) is 15.2. The second kappa shape index (κ2) is 7.14. The number of likely N-dealkylation sites (N-methyl/N-ethyl adjacent to an activating group) is 1. The fourth-order valence-electron chi connectivity index (χ4n) is 2.42. The Balaban J connectivity index is 1.90. The highest BCUT2D eigenvalue weighted by atomic mass is 16.5. The number of nitrogens with zero attached hydrogens (tertiary/aromatic N) is 1. The minimum atomic E-state index is 0.541. The molecule has 3 heteroatoms. The molecule has 0 spiro atoms. The summed E-state index contributed by atoms with van der Waals surface area (Å²) in [6.07, 6.45) is 0. The number of benzene rings is 2. The van der Waals surface area contributed by atoms with Gasteiger partial charge in [0.1, 0.15) is 12.4 Å². The minimum Gasteiger partial charge on any atom is -0.492 e. The van der Waals surface area contributed by atoms with Gasteiger partial charge in [-0.25, -0.2) is 0 Å². The molecule has 0 heterocycles. The summed E-state index contributed by atoms with van der Waals surface area (Å²) in [5.41, 5.74) is 10.6. The first-order valence-electron chi connectivity index (χ1n) is 7.30. The molecule has 0 aliphatic carbocycles. The third-order valence-corrected chi connectivity index (χ3v) is 3.59. The van der Waals surface area contributed by atoms with Crippen LogP contribution in [0.15, 0.2) is 42.5 Å². The highest BCUT2D eigenvalue weighted by molar-refractivity contribution is 5.53. The Morgan fingerprint density at radius 1 is 1.10 bits per heavy atom. The third-order valence-electron chi connectivity index (χ3n) is 3.59.